The third-order valence-corrected chi connectivity index (χ3v) is 7.58. The number of benzene rings is 3. The highest BCUT2D eigenvalue weighted by Gasteiger charge is 2.35. The fourth-order valence-electron chi connectivity index (χ4n) is 4.34. The first-order chi connectivity index (χ1) is 15.9. The van der Waals surface area contributed by atoms with E-state index in [1.54, 1.807) is 49.4 Å². The quantitative estimate of drug-likeness (QED) is 0.405. The summed E-state index contributed by atoms with van der Waals surface area (Å²) in [5.74, 6) is -0.971. The van der Waals surface area contributed by atoms with Crippen molar-refractivity contribution in [1.29, 1.82) is 0 Å². The van der Waals surface area contributed by atoms with Crippen LogP contribution in [0.2, 0.25) is 0 Å². The van der Waals surface area contributed by atoms with Gasteiger partial charge in [0.05, 0.1) is 4.90 Å². The van der Waals surface area contributed by atoms with E-state index in [4.69, 9.17) is 0 Å². The summed E-state index contributed by atoms with van der Waals surface area (Å²) in [6.07, 6.45) is 4.29. The number of Topliss-reactive ketones (excluding diaryl/α,β-unsaturated/α-hetero) is 1. The van der Waals surface area contributed by atoms with Crippen LogP contribution in [0.4, 0.5) is 0 Å². The minimum absolute atomic E-state index is 0.0435. The second kappa shape index (κ2) is 9.85. The van der Waals surface area contributed by atoms with Crippen molar-refractivity contribution in [2.24, 2.45) is 5.92 Å². The average molecular weight is 465 g/mol. The van der Waals surface area contributed by atoms with Gasteiger partial charge in [-0.25, -0.2) is 8.42 Å². The Morgan fingerprint density at radius 1 is 0.879 bits per heavy atom. The molecule has 1 atom stereocenters. The summed E-state index contributed by atoms with van der Waals surface area (Å²) in [6, 6.07) is 19.9. The molecular formula is C26H28N2O4S. The minimum Gasteiger partial charge on any atom is -0.292 e. The van der Waals surface area contributed by atoms with E-state index in [-0.39, 0.29) is 22.5 Å². The number of carbonyl (C=O) groups is 2. The van der Waals surface area contributed by atoms with Crippen molar-refractivity contribution in [3.8, 4) is 0 Å². The van der Waals surface area contributed by atoms with Crippen LogP contribution in [-0.4, -0.2) is 31.2 Å². The SMILES string of the molecule is C[C@@H](C(=O)c1ccccc1)N(NS(=O)(=O)c1ccc2ccccc2c1)C(=O)C1CCCCC1. The summed E-state index contributed by atoms with van der Waals surface area (Å²) in [7, 11) is -4.09. The Hall–Kier alpha value is -3.03. The predicted molar refractivity (Wildman–Crippen MR) is 128 cm³/mol. The summed E-state index contributed by atoms with van der Waals surface area (Å²) < 4.78 is 26.6. The standard InChI is InChI=1S/C26H28N2O4S/c1-19(25(29)21-11-4-2-5-12-21)28(26(30)22-13-6-3-7-14-22)27-33(31,32)24-17-16-20-10-8-9-15-23(20)18-24/h2,4-5,8-12,15-19,22,27H,3,6-7,13-14H2,1H3/t19-/m0/s1. The summed E-state index contributed by atoms with van der Waals surface area (Å²) in [6.45, 7) is 1.57. The van der Waals surface area contributed by atoms with E-state index in [1.165, 1.54) is 6.07 Å². The zero-order chi connectivity index (χ0) is 23.4. The molecule has 0 bridgehead atoms. The first-order valence-corrected chi connectivity index (χ1v) is 12.8. The molecule has 4 rings (SSSR count). The molecule has 1 aliphatic carbocycles. The van der Waals surface area contributed by atoms with Crippen molar-refractivity contribution in [3.05, 3.63) is 78.4 Å². The van der Waals surface area contributed by atoms with Crippen molar-refractivity contribution < 1.29 is 18.0 Å². The molecule has 1 amide bonds. The molecule has 0 radical (unpaired) electrons. The third kappa shape index (κ3) is 5.15. The number of ketones is 1. The second-order valence-electron chi connectivity index (χ2n) is 8.55. The molecule has 33 heavy (non-hydrogen) atoms. The fourth-order valence-corrected chi connectivity index (χ4v) is 5.48. The second-order valence-corrected chi connectivity index (χ2v) is 10.2. The van der Waals surface area contributed by atoms with Crippen LogP contribution in [0.15, 0.2) is 77.7 Å². The normalized spacial score (nSPS) is 15.8. The van der Waals surface area contributed by atoms with Gasteiger partial charge in [0.25, 0.3) is 10.0 Å². The van der Waals surface area contributed by atoms with Crippen molar-refractivity contribution in [2.75, 3.05) is 0 Å². The van der Waals surface area contributed by atoms with Crippen LogP contribution in [0.25, 0.3) is 10.8 Å². The van der Waals surface area contributed by atoms with Gasteiger partial charge in [-0.1, -0.05) is 79.9 Å². The number of hydrogen-bond acceptors (Lipinski definition) is 4. The molecule has 3 aromatic carbocycles. The van der Waals surface area contributed by atoms with E-state index >= 15 is 0 Å². The first-order valence-electron chi connectivity index (χ1n) is 11.3. The number of rotatable bonds is 7. The summed E-state index contributed by atoms with van der Waals surface area (Å²) in [5.41, 5.74) is 0.427. The van der Waals surface area contributed by atoms with Gasteiger partial charge in [0.15, 0.2) is 5.78 Å². The highest BCUT2D eigenvalue weighted by molar-refractivity contribution is 7.89. The maximum Gasteiger partial charge on any atom is 0.257 e. The lowest BCUT2D eigenvalue weighted by Gasteiger charge is -2.33. The van der Waals surface area contributed by atoms with Gasteiger partial charge < -0.3 is 0 Å². The molecule has 0 aromatic heterocycles. The molecular weight excluding hydrogens is 436 g/mol. The molecule has 0 unspecified atom stereocenters. The van der Waals surface area contributed by atoms with Gasteiger partial charge in [-0.05, 0) is 42.7 Å². The van der Waals surface area contributed by atoms with Crippen LogP contribution < -0.4 is 4.83 Å². The molecule has 0 spiro atoms. The van der Waals surface area contributed by atoms with Crippen LogP contribution in [0.5, 0.6) is 0 Å². The van der Waals surface area contributed by atoms with Crippen LogP contribution >= 0.6 is 0 Å². The number of nitrogens with one attached hydrogen (secondary N) is 1. The summed E-state index contributed by atoms with van der Waals surface area (Å²) in [4.78, 5) is 29.1. The number of carbonyl (C=O) groups excluding carboxylic acids is 2. The van der Waals surface area contributed by atoms with Gasteiger partial charge >= 0.3 is 0 Å². The number of fused-ring (bicyclic) bond motifs is 1. The number of hydrogen-bond donors (Lipinski definition) is 1. The van der Waals surface area contributed by atoms with Crippen molar-refractivity contribution in [3.63, 3.8) is 0 Å². The van der Waals surface area contributed by atoms with E-state index < -0.39 is 16.1 Å². The minimum atomic E-state index is -4.09. The van der Waals surface area contributed by atoms with Crippen molar-refractivity contribution in [2.45, 2.75) is 50.0 Å². The lowest BCUT2D eigenvalue weighted by molar-refractivity contribution is -0.139. The highest BCUT2D eigenvalue weighted by atomic mass is 32.2. The Bertz CT molecular complexity index is 1250. The Balaban J connectivity index is 1.66. The molecule has 6 nitrogen and oxygen atoms in total. The molecule has 0 aliphatic heterocycles. The zero-order valence-corrected chi connectivity index (χ0v) is 19.4. The van der Waals surface area contributed by atoms with E-state index in [9.17, 15) is 18.0 Å². The van der Waals surface area contributed by atoms with E-state index in [1.807, 2.05) is 24.3 Å². The monoisotopic (exact) mass is 464 g/mol. The number of sulfonamides is 1. The lowest BCUT2D eigenvalue weighted by Crippen LogP contribution is -2.55. The molecule has 1 N–H and O–H groups in total. The highest BCUT2D eigenvalue weighted by Crippen LogP contribution is 2.27. The average Bonchev–Trinajstić information content (AvgIpc) is 2.86. The van der Waals surface area contributed by atoms with Crippen LogP contribution in [0.3, 0.4) is 0 Å². The van der Waals surface area contributed by atoms with Gasteiger partial charge in [0, 0.05) is 11.5 Å². The molecule has 1 saturated carbocycles. The van der Waals surface area contributed by atoms with Crippen LogP contribution in [0, 0.1) is 5.92 Å². The molecule has 3 aromatic rings. The topological polar surface area (TPSA) is 83.6 Å². The van der Waals surface area contributed by atoms with Gasteiger partial charge in [0.2, 0.25) is 5.91 Å². The predicted octanol–water partition coefficient (Wildman–Crippen LogP) is 4.71. The van der Waals surface area contributed by atoms with E-state index in [2.05, 4.69) is 4.83 Å². The molecule has 1 fully saturated rings. The van der Waals surface area contributed by atoms with Gasteiger partial charge in [0.1, 0.15) is 6.04 Å². The molecule has 1 aliphatic rings. The maximum absolute atomic E-state index is 13.4. The van der Waals surface area contributed by atoms with E-state index in [0.29, 0.717) is 18.4 Å². The smallest absolute Gasteiger partial charge is 0.257 e. The van der Waals surface area contributed by atoms with E-state index in [0.717, 1.165) is 35.0 Å². The summed E-state index contributed by atoms with van der Waals surface area (Å²) >= 11 is 0. The van der Waals surface area contributed by atoms with Crippen molar-refractivity contribution >= 4 is 32.5 Å². The number of amides is 1. The fraction of sp³-hybridized carbons (Fsp3) is 0.308. The third-order valence-electron chi connectivity index (χ3n) is 6.27. The molecule has 7 heteroatoms. The zero-order valence-electron chi connectivity index (χ0n) is 18.6. The Morgan fingerprint density at radius 3 is 2.21 bits per heavy atom. The van der Waals surface area contributed by atoms with Gasteiger partial charge in [-0.3, -0.25) is 14.6 Å². The molecule has 172 valence electrons. The first kappa shape index (κ1) is 23.1. The molecule has 0 heterocycles. The Kier molecular flexibility index (Phi) is 6.91. The Morgan fingerprint density at radius 2 is 1.52 bits per heavy atom. The lowest BCUT2D eigenvalue weighted by atomic mass is 9.88. The van der Waals surface area contributed by atoms with Crippen LogP contribution in [0.1, 0.15) is 49.4 Å². The summed E-state index contributed by atoms with van der Waals surface area (Å²) in [5, 5.41) is 2.73. The molecule has 0 saturated heterocycles. The van der Waals surface area contributed by atoms with Gasteiger partial charge in [-0.15, -0.1) is 4.83 Å². The van der Waals surface area contributed by atoms with Crippen molar-refractivity contribution in [1.82, 2.24) is 9.84 Å². The van der Waals surface area contributed by atoms with Crippen LogP contribution in [-0.2, 0) is 14.8 Å². The number of nitrogens with zero attached hydrogens (tertiary/aromatic N) is 1. The Labute approximate surface area is 194 Å². The maximum atomic E-state index is 13.4. The number of hydrazine groups is 1. The van der Waals surface area contributed by atoms with Gasteiger partial charge in [-0.2, -0.15) is 0 Å². The largest absolute Gasteiger partial charge is 0.292 e.